The number of rotatable bonds is 5. The first kappa shape index (κ1) is 13.9. The van der Waals surface area contributed by atoms with Gasteiger partial charge in [-0.1, -0.05) is 0 Å². The lowest BCUT2D eigenvalue weighted by molar-refractivity contribution is -0.138. The van der Waals surface area contributed by atoms with E-state index < -0.39 is 18.1 Å². The molecule has 0 heterocycles. The van der Waals surface area contributed by atoms with Gasteiger partial charge in [0.25, 0.3) is 0 Å². The van der Waals surface area contributed by atoms with E-state index in [1.807, 2.05) is 0 Å². The lowest BCUT2D eigenvalue weighted by Gasteiger charge is -2.09. The molecule has 12 heavy (non-hydrogen) atoms. The largest absolute Gasteiger partial charge is 0.480 e. The van der Waals surface area contributed by atoms with E-state index in [4.69, 9.17) is 21.7 Å². The molecular weight excluding hydrogens is 162 g/mol. The molecule has 0 amide bonds. The molecule has 0 saturated carbocycles. The molecule has 0 aromatic heterocycles. The zero-order valence-electron chi connectivity index (χ0n) is 6.94. The molecule has 0 aliphatic heterocycles. The van der Waals surface area contributed by atoms with Gasteiger partial charge in [-0.25, -0.2) is 0 Å². The van der Waals surface area contributed by atoms with Crippen molar-refractivity contribution in [3.8, 4) is 0 Å². The van der Waals surface area contributed by atoms with E-state index in [2.05, 4.69) is 0 Å². The van der Waals surface area contributed by atoms with Gasteiger partial charge in [0.1, 0.15) is 6.04 Å². The van der Waals surface area contributed by atoms with Crippen molar-refractivity contribution in [1.29, 1.82) is 0 Å². The van der Waals surface area contributed by atoms with Crippen LogP contribution >= 0.6 is 0 Å². The van der Waals surface area contributed by atoms with Gasteiger partial charge in [0.15, 0.2) is 0 Å². The fourth-order valence-electron chi connectivity index (χ4n) is 0.613. The number of nitrogens with two attached hydrogens (primary N) is 2. The summed E-state index contributed by atoms with van der Waals surface area (Å²) in [6.07, 6.45) is -0.0436. The Balaban J connectivity index is 0. The van der Waals surface area contributed by atoms with E-state index in [1.54, 1.807) is 0 Å². The van der Waals surface area contributed by atoms with Crippen molar-refractivity contribution in [1.82, 2.24) is 6.15 Å². The molecule has 0 aromatic rings. The second-order valence-electron chi connectivity index (χ2n) is 2.41. The van der Waals surface area contributed by atoms with Gasteiger partial charge in [-0.15, -0.1) is 0 Å². The van der Waals surface area contributed by atoms with E-state index in [0.29, 0.717) is 6.42 Å². The smallest absolute Gasteiger partial charge is 0.320 e. The number of carbonyl (C=O) groups is 1. The summed E-state index contributed by atoms with van der Waals surface area (Å²) < 4.78 is 0. The fourth-order valence-corrected chi connectivity index (χ4v) is 0.613. The molecule has 0 rings (SSSR count). The highest BCUT2D eigenvalue weighted by Crippen LogP contribution is 1.98. The van der Waals surface area contributed by atoms with Gasteiger partial charge < -0.3 is 27.8 Å². The van der Waals surface area contributed by atoms with Crippen LogP contribution in [-0.2, 0) is 4.79 Å². The van der Waals surface area contributed by atoms with Gasteiger partial charge in [-0.2, -0.15) is 0 Å². The minimum atomic E-state index is -1.05. The van der Waals surface area contributed by atoms with Gasteiger partial charge in [-0.3, -0.25) is 4.79 Å². The Kier molecular flexibility index (Phi) is 8.07. The molecule has 0 spiro atoms. The summed E-state index contributed by atoms with van der Waals surface area (Å²) in [5, 5.41) is 17.2. The molecule has 0 radical (unpaired) electrons. The van der Waals surface area contributed by atoms with Crippen LogP contribution < -0.4 is 17.6 Å². The van der Waals surface area contributed by atoms with Crippen LogP contribution in [0, 0.1) is 0 Å². The first-order valence-corrected chi connectivity index (χ1v) is 3.44. The Morgan fingerprint density at radius 2 is 1.92 bits per heavy atom. The van der Waals surface area contributed by atoms with Crippen molar-refractivity contribution < 1.29 is 15.0 Å². The first-order valence-electron chi connectivity index (χ1n) is 3.44. The lowest BCUT2D eigenvalue weighted by Crippen LogP contribution is -2.32. The van der Waals surface area contributed by atoms with Crippen molar-refractivity contribution >= 4 is 5.97 Å². The van der Waals surface area contributed by atoms with Gasteiger partial charge in [-0.05, 0) is 12.8 Å². The minimum Gasteiger partial charge on any atom is -0.480 e. The van der Waals surface area contributed by atoms with Crippen molar-refractivity contribution in [3.63, 3.8) is 0 Å². The molecule has 0 aliphatic carbocycles. The highest BCUT2D eigenvalue weighted by atomic mass is 16.4. The van der Waals surface area contributed by atoms with E-state index in [0.717, 1.165) is 0 Å². The molecule has 9 N–H and O–H groups in total. The van der Waals surface area contributed by atoms with Crippen LogP contribution in [-0.4, -0.2) is 34.9 Å². The van der Waals surface area contributed by atoms with E-state index in [9.17, 15) is 4.79 Å². The third-order valence-corrected chi connectivity index (χ3v) is 1.40. The van der Waals surface area contributed by atoms with Gasteiger partial charge in [0.05, 0.1) is 6.10 Å². The molecule has 2 atom stereocenters. The standard InChI is InChI=1S/C6H14N2O3.H3N/c7-3-4(9)1-2-5(8)6(10)11;/h4-5,9H,1-3,7-8H2,(H,10,11);1H3. The summed E-state index contributed by atoms with van der Waals surface area (Å²) in [4.78, 5) is 10.2. The van der Waals surface area contributed by atoms with Crippen molar-refractivity contribution in [2.24, 2.45) is 11.5 Å². The van der Waals surface area contributed by atoms with Crippen molar-refractivity contribution in [3.05, 3.63) is 0 Å². The third kappa shape index (κ3) is 6.05. The summed E-state index contributed by atoms with van der Waals surface area (Å²) in [7, 11) is 0. The molecule has 0 bridgehead atoms. The molecule has 6 nitrogen and oxygen atoms in total. The lowest BCUT2D eigenvalue weighted by atomic mass is 10.1. The van der Waals surface area contributed by atoms with Gasteiger partial charge >= 0.3 is 5.97 Å². The van der Waals surface area contributed by atoms with Crippen LogP contribution in [0.3, 0.4) is 0 Å². The number of aliphatic hydroxyl groups is 1. The molecule has 0 saturated heterocycles. The maximum atomic E-state index is 10.2. The Hall–Kier alpha value is -0.690. The minimum absolute atomic E-state index is 0. The SMILES string of the molecule is N.NCC(O)CCC(N)C(=O)O. The third-order valence-electron chi connectivity index (χ3n) is 1.40. The molecular formula is C6H17N3O3. The van der Waals surface area contributed by atoms with E-state index in [1.165, 1.54) is 0 Å². The van der Waals surface area contributed by atoms with Crippen LogP contribution in [0.1, 0.15) is 12.8 Å². The summed E-state index contributed by atoms with van der Waals surface area (Å²) in [6, 6.07) is -0.892. The van der Waals surface area contributed by atoms with E-state index >= 15 is 0 Å². The first-order chi connectivity index (χ1) is 5.07. The Bertz CT molecular complexity index is 131. The highest BCUT2D eigenvalue weighted by Gasteiger charge is 2.12. The number of aliphatic carboxylic acids is 1. The topological polar surface area (TPSA) is 145 Å². The maximum absolute atomic E-state index is 10.2. The van der Waals surface area contributed by atoms with Crippen molar-refractivity contribution in [2.45, 2.75) is 25.0 Å². The van der Waals surface area contributed by atoms with Crippen LogP contribution in [0.15, 0.2) is 0 Å². The van der Waals surface area contributed by atoms with Crippen LogP contribution in [0.4, 0.5) is 0 Å². The predicted molar refractivity (Wildman–Crippen MR) is 44.9 cm³/mol. The maximum Gasteiger partial charge on any atom is 0.320 e. The normalized spacial score (nSPS) is 14.6. The number of hydrogen-bond acceptors (Lipinski definition) is 5. The molecule has 0 aromatic carbocycles. The quantitative estimate of drug-likeness (QED) is 0.353. The number of carboxylic acids is 1. The second kappa shape index (κ2) is 6.99. The predicted octanol–water partition coefficient (Wildman–Crippen LogP) is -1.34. The molecule has 2 unspecified atom stereocenters. The van der Waals surface area contributed by atoms with Crippen LogP contribution in [0.5, 0.6) is 0 Å². The van der Waals surface area contributed by atoms with Crippen LogP contribution in [0.2, 0.25) is 0 Å². The molecule has 74 valence electrons. The summed E-state index contributed by atoms with van der Waals surface area (Å²) in [6.45, 7) is 0.145. The number of aliphatic hydroxyl groups excluding tert-OH is 1. The monoisotopic (exact) mass is 179 g/mol. The zero-order valence-corrected chi connectivity index (χ0v) is 6.94. The average molecular weight is 179 g/mol. The summed E-state index contributed by atoms with van der Waals surface area (Å²) in [5.74, 6) is -1.05. The Morgan fingerprint density at radius 3 is 2.25 bits per heavy atom. The summed E-state index contributed by atoms with van der Waals surface area (Å²) in [5.41, 5.74) is 10.3. The van der Waals surface area contributed by atoms with Crippen molar-refractivity contribution in [2.75, 3.05) is 6.54 Å². The summed E-state index contributed by atoms with van der Waals surface area (Å²) >= 11 is 0. The van der Waals surface area contributed by atoms with Crippen LogP contribution in [0.25, 0.3) is 0 Å². The Morgan fingerprint density at radius 1 is 1.42 bits per heavy atom. The van der Waals surface area contributed by atoms with Gasteiger partial charge in [0, 0.05) is 6.54 Å². The number of hydrogen-bond donors (Lipinski definition) is 5. The number of carboxylic acid groups (broad SMARTS) is 1. The Labute approximate surface area is 71.1 Å². The zero-order chi connectivity index (χ0) is 8.85. The molecule has 0 fully saturated rings. The van der Waals surface area contributed by atoms with Gasteiger partial charge in [0.2, 0.25) is 0 Å². The average Bonchev–Trinajstić information content (AvgIpc) is 1.99. The molecule has 0 aliphatic rings. The molecule has 6 heteroatoms. The van der Waals surface area contributed by atoms with E-state index in [-0.39, 0.29) is 19.1 Å². The highest BCUT2D eigenvalue weighted by molar-refractivity contribution is 5.72. The fraction of sp³-hybridized carbons (Fsp3) is 0.833. The second-order valence-corrected chi connectivity index (χ2v) is 2.41.